The van der Waals surface area contributed by atoms with E-state index in [1.807, 2.05) is 0 Å². The summed E-state index contributed by atoms with van der Waals surface area (Å²) >= 11 is 0. The first-order chi connectivity index (χ1) is 5.16. The van der Waals surface area contributed by atoms with Crippen LogP contribution in [0.15, 0.2) is 11.8 Å². The maximum Gasteiger partial charge on any atom is 0.0194 e. The third kappa shape index (κ3) is 2.74. The van der Waals surface area contributed by atoms with E-state index in [0.29, 0.717) is 5.41 Å². The maximum atomic E-state index is 6.80. The predicted molar refractivity (Wildman–Crippen MR) is 47.6 cm³/mol. The van der Waals surface area contributed by atoms with Gasteiger partial charge < -0.3 is 11.1 Å². The van der Waals surface area contributed by atoms with Gasteiger partial charge in [-0.25, -0.2) is 0 Å². The van der Waals surface area contributed by atoms with Gasteiger partial charge in [-0.05, 0) is 37.2 Å². The van der Waals surface area contributed by atoms with Gasteiger partial charge in [-0.2, -0.15) is 0 Å². The Kier molecular flexibility index (Phi) is 2.32. The van der Waals surface area contributed by atoms with Crippen LogP contribution in [0.3, 0.4) is 0 Å². The van der Waals surface area contributed by atoms with Gasteiger partial charge in [-0.3, -0.25) is 0 Å². The van der Waals surface area contributed by atoms with Gasteiger partial charge in [0.25, 0.3) is 0 Å². The molecule has 0 aromatic heterocycles. The van der Waals surface area contributed by atoms with Crippen LogP contribution in [-0.2, 0) is 0 Å². The molecule has 1 rings (SSSR count). The highest BCUT2D eigenvalue weighted by molar-refractivity contribution is 5.68. The molecular weight excluding hydrogens is 136 g/mol. The molecular formula is C9H16N2. The van der Waals surface area contributed by atoms with Crippen molar-refractivity contribution in [1.82, 2.24) is 0 Å². The van der Waals surface area contributed by atoms with Gasteiger partial charge in [0.1, 0.15) is 0 Å². The molecule has 0 radical (unpaired) electrons. The average Bonchev–Trinajstić information content (AvgIpc) is 2.66. The molecule has 0 heterocycles. The highest BCUT2D eigenvalue weighted by atomic mass is 14.6. The van der Waals surface area contributed by atoms with Crippen molar-refractivity contribution in [2.75, 3.05) is 0 Å². The molecule has 0 unspecified atom stereocenters. The van der Waals surface area contributed by atoms with E-state index in [0.717, 1.165) is 12.1 Å². The molecule has 0 aliphatic heterocycles. The molecule has 0 amide bonds. The first-order valence-electron chi connectivity index (χ1n) is 4.11. The van der Waals surface area contributed by atoms with E-state index in [4.69, 9.17) is 11.1 Å². The second kappa shape index (κ2) is 3.07. The fraction of sp³-hybridized carbons (Fsp3) is 0.667. The summed E-state index contributed by atoms with van der Waals surface area (Å²) in [4.78, 5) is 0. The van der Waals surface area contributed by atoms with E-state index < -0.39 is 0 Å². The van der Waals surface area contributed by atoms with Gasteiger partial charge in [0.05, 0.1) is 0 Å². The number of rotatable bonds is 4. The van der Waals surface area contributed by atoms with E-state index in [1.165, 1.54) is 25.5 Å². The van der Waals surface area contributed by atoms with Crippen LogP contribution in [0.1, 0.15) is 32.6 Å². The van der Waals surface area contributed by atoms with Crippen molar-refractivity contribution < 1.29 is 0 Å². The van der Waals surface area contributed by atoms with Gasteiger partial charge >= 0.3 is 0 Å². The Morgan fingerprint density at radius 1 is 1.64 bits per heavy atom. The molecule has 2 nitrogen and oxygen atoms in total. The molecule has 62 valence electrons. The minimum atomic E-state index is 0.584. The number of allylic oxidation sites excluding steroid dienone is 2. The highest BCUT2D eigenvalue weighted by Gasteiger charge is 2.36. The number of nitrogens with two attached hydrogens (primary N) is 1. The minimum Gasteiger partial charge on any atom is -0.402 e. The van der Waals surface area contributed by atoms with E-state index in [-0.39, 0.29) is 0 Å². The van der Waals surface area contributed by atoms with Gasteiger partial charge in [-0.1, -0.05) is 6.92 Å². The fourth-order valence-corrected chi connectivity index (χ4v) is 1.10. The topological polar surface area (TPSA) is 49.9 Å². The van der Waals surface area contributed by atoms with E-state index in [1.54, 1.807) is 6.08 Å². The smallest absolute Gasteiger partial charge is 0.0194 e. The molecule has 0 aromatic carbocycles. The van der Waals surface area contributed by atoms with Crippen LogP contribution in [0, 0.1) is 10.8 Å². The zero-order valence-electron chi connectivity index (χ0n) is 7.06. The molecule has 0 spiro atoms. The van der Waals surface area contributed by atoms with Crippen LogP contribution in [0.5, 0.6) is 0 Å². The largest absolute Gasteiger partial charge is 0.402 e. The molecule has 0 atom stereocenters. The Labute approximate surface area is 68.0 Å². The van der Waals surface area contributed by atoms with Crippen LogP contribution < -0.4 is 5.73 Å². The van der Waals surface area contributed by atoms with Crippen molar-refractivity contribution in [2.45, 2.75) is 32.6 Å². The molecule has 0 bridgehead atoms. The van der Waals surface area contributed by atoms with E-state index >= 15 is 0 Å². The Morgan fingerprint density at radius 3 is 2.73 bits per heavy atom. The molecule has 11 heavy (non-hydrogen) atoms. The first kappa shape index (κ1) is 8.31. The second-order valence-corrected chi connectivity index (χ2v) is 3.72. The van der Waals surface area contributed by atoms with Gasteiger partial charge in [0.15, 0.2) is 0 Å². The van der Waals surface area contributed by atoms with Crippen LogP contribution in [0.4, 0.5) is 0 Å². The zero-order valence-corrected chi connectivity index (χ0v) is 7.06. The summed E-state index contributed by atoms with van der Waals surface area (Å²) in [6.45, 7) is 2.30. The summed E-state index contributed by atoms with van der Waals surface area (Å²) < 4.78 is 0. The SMILES string of the molecule is CC1(CCC(N)=CC=N)CC1. The quantitative estimate of drug-likeness (QED) is 0.595. The number of hydrogen-bond donors (Lipinski definition) is 2. The summed E-state index contributed by atoms with van der Waals surface area (Å²) in [5.74, 6) is 0. The molecule has 0 aromatic rings. The molecule has 0 saturated heterocycles. The Morgan fingerprint density at radius 2 is 2.27 bits per heavy atom. The van der Waals surface area contributed by atoms with Crippen molar-refractivity contribution >= 4 is 6.21 Å². The minimum absolute atomic E-state index is 0.584. The lowest BCUT2D eigenvalue weighted by molar-refractivity contribution is 0.516. The summed E-state index contributed by atoms with van der Waals surface area (Å²) in [5, 5.41) is 6.80. The summed E-state index contributed by atoms with van der Waals surface area (Å²) in [6, 6.07) is 0. The summed E-state index contributed by atoms with van der Waals surface area (Å²) in [7, 11) is 0. The Balaban J connectivity index is 2.21. The average molecular weight is 152 g/mol. The van der Waals surface area contributed by atoms with Crippen LogP contribution >= 0.6 is 0 Å². The van der Waals surface area contributed by atoms with Gasteiger partial charge in [0.2, 0.25) is 0 Å². The summed E-state index contributed by atoms with van der Waals surface area (Å²) in [6.07, 6.45) is 7.76. The maximum absolute atomic E-state index is 6.80. The van der Waals surface area contributed by atoms with Crippen LogP contribution in [0.25, 0.3) is 0 Å². The molecule has 1 aliphatic rings. The lowest BCUT2D eigenvalue weighted by Crippen LogP contribution is -2.01. The highest BCUT2D eigenvalue weighted by Crippen LogP contribution is 2.49. The third-order valence-corrected chi connectivity index (χ3v) is 2.42. The number of hydrogen-bond acceptors (Lipinski definition) is 2. The fourth-order valence-electron chi connectivity index (χ4n) is 1.10. The monoisotopic (exact) mass is 152 g/mol. The molecule has 1 fully saturated rings. The summed E-state index contributed by atoms with van der Waals surface area (Å²) in [5.41, 5.74) is 7.05. The Hall–Kier alpha value is -0.790. The van der Waals surface area contributed by atoms with Crippen molar-refractivity contribution in [3.8, 4) is 0 Å². The lowest BCUT2D eigenvalue weighted by atomic mass is 10.0. The van der Waals surface area contributed by atoms with E-state index in [9.17, 15) is 0 Å². The van der Waals surface area contributed by atoms with Crippen LogP contribution in [-0.4, -0.2) is 6.21 Å². The van der Waals surface area contributed by atoms with Crippen LogP contribution in [0.2, 0.25) is 0 Å². The Bertz CT molecular complexity index is 178. The number of nitrogens with one attached hydrogen (secondary N) is 1. The van der Waals surface area contributed by atoms with Crippen molar-refractivity contribution in [3.63, 3.8) is 0 Å². The molecule has 2 heteroatoms. The first-order valence-corrected chi connectivity index (χ1v) is 4.11. The van der Waals surface area contributed by atoms with Crippen molar-refractivity contribution in [3.05, 3.63) is 11.8 Å². The van der Waals surface area contributed by atoms with E-state index in [2.05, 4.69) is 6.92 Å². The predicted octanol–water partition coefficient (Wildman–Crippen LogP) is 2.06. The second-order valence-electron chi connectivity index (χ2n) is 3.72. The molecule has 3 N–H and O–H groups in total. The van der Waals surface area contributed by atoms with Gasteiger partial charge in [0, 0.05) is 11.9 Å². The standard InChI is InChI=1S/C9H16N2/c1-9(5-6-9)4-2-8(11)3-7-10/h3,7,10H,2,4-6,11H2,1H3. The lowest BCUT2D eigenvalue weighted by Gasteiger charge is -2.06. The molecule has 1 saturated carbocycles. The van der Waals surface area contributed by atoms with Crippen molar-refractivity contribution in [2.24, 2.45) is 11.1 Å². The third-order valence-electron chi connectivity index (χ3n) is 2.42. The molecule has 1 aliphatic carbocycles. The normalized spacial score (nSPS) is 21.4. The zero-order chi connectivity index (χ0) is 8.32. The van der Waals surface area contributed by atoms with Gasteiger partial charge in [-0.15, -0.1) is 0 Å². The van der Waals surface area contributed by atoms with Crippen molar-refractivity contribution in [1.29, 1.82) is 5.41 Å².